The van der Waals surface area contributed by atoms with Crippen molar-refractivity contribution in [2.75, 3.05) is 6.61 Å². The third kappa shape index (κ3) is 3.81. The molecule has 20 heavy (non-hydrogen) atoms. The first-order valence-corrected chi connectivity index (χ1v) is 8.72. The molecule has 0 aliphatic carbocycles. The summed E-state index contributed by atoms with van der Waals surface area (Å²) in [6.07, 6.45) is 0. The largest absolute Gasteiger partial charge is 0.494 e. The van der Waals surface area contributed by atoms with Crippen LogP contribution >= 0.6 is 61.7 Å². The number of hydrogen-bond donors (Lipinski definition) is 0. The van der Waals surface area contributed by atoms with Gasteiger partial charge in [-0.3, -0.25) is 0 Å². The lowest BCUT2D eigenvalue weighted by Crippen LogP contribution is -2.02. The van der Waals surface area contributed by atoms with Gasteiger partial charge in [-0.2, -0.15) is 0 Å². The van der Waals surface area contributed by atoms with Crippen LogP contribution in [0.4, 0.5) is 0 Å². The quantitative estimate of drug-likeness (QED) is 0.358. The fraction of sp³-hybridized carbons (Fsp3) is 0.200. The smallest absolute Gasteiger partial charge is 0.124 e. The second-order valence-corrected chi connectivity index (χ2v) is 7.09. The zero-order chi connectivity index (χ0) is 14.7. The molecule has 0 N–H and O–H groups in total. The maximum atomic E-state index is 6.66. The summed E-state index contributed by atoms with van der Waals surface area (Å²) in [5.74, 6) is 0.798. The Balaban J connectivity index is 2.49. The molecular weight excluding hydrogens is 474 g/mol. The van der Waals surface area contributed by atoms with E-state index in [1.165, 1.54) is 0 Å². The van der Waals surface area contributed by atoms with Crippen molar-refractivity contribution in [3.8, 4) is 5.75 Å². The van der Waals surface area contributed by atoms with Gasteiger partial charge in [0, 0.05) is 18.6 Å². The van der Waals surface area contributed by atoms with Crippen molar-refractivity contribution < 1.29 is 4.74 Å². The molecule has 0 aliphatic heterocycles. The maximum absolute atomic E-state index is 6.66. The zero-order valence-corrected chi connectivity index (χ0v) is 15.9. The molecule has 0 radical (unpaired) electrons. The van der Waals surface area contributed by atoms with Crippen LogP contribution in [0.5, 0.6) is 5.75 Å². The molecule has 0 aromatic heterocycles. The second kappa shape index (κ2) is 7.34. The Morgan fingerprint density at radius 2 is 1.95 bits per heavy atom. The number of benzene rings is 2. The second-order valence-electron chi connectivity index (χ2n) is 4.14. The first-order chi connectivity index (χ1) is 9.52. The van der Waals surface area contributed by atoms with Crippen molar-refractivity contribution in [1.29, 1.82) is 0 Å². The van der Waals surface area contributed by atoms with Crippen LogP contribution in [-0.2, 0) is 0 Å². The van der Waals surface area contributed by atoms with Gasteiger partial charge in [0.15, 0.2) is 0 Å². The van der Waals surface area contributed by atoms with Crippen LogP contribution in [0.1, 0.15) is 23.4 Å². The number of hydrogen-bond acceptors (Lipinski definition) is 1. The minimum atomic E-state index is -0.306. The van der Waals surface area contributed by atoms with E-state index in [4.69, 9.17) is 27.9 Å². The summed E-state index contributed by atoms with van der Waals surface area (Å²) < 4.78 is 7.71. The van der Waals surface area contributed by atoms with Gasteiger partial charge in [0.05, 0.1) is 12.0 Å². The van der Waals surface area contributed by atoms with Gasteiger partial charge < -0.3 is 4.74 Å². The van der Waals surface area contributed by atoms with Gasteiger partial charge in [-0.05, 0) is 71.5 Å². The van der Waals surface area contributed by atoms with E-state index in [9.17, 15) is 0 Å². The predicted molar refractivity (Wildman–Crippen MR) is 97.2 cm³/mol. The Labute approximate surface area is 150 Å². The maximum Gasteiger partial charge on any atom is 0.124 e. The summed E-state index contributed by atoms with van der Waals surface area (Å²) in [7, 11) is 0. The van der Waals surface area contributed by atoms with Crippen LogP contribution in [-0.4, -0.2) is 6.61 Å². The van der Waals surface area contributed by atoms with Gasteiger partial charge in [0.2, 0.25) is 0 Å². The number of ether oxygens (including phenoxy) is 1. The predicted octanol–water partition coefficient (Wildman–Crippen LogP) is 6.43. The van der Waals surface area contributed by atoms with E-state index in [0.717, 1.165) is 24.9 Å². The molecular formula is C15H12BrCl2IO. The minimum absolute atomic E-state index is 0.306. The number of rotatable bonds is 4. The fourth-order valence-corrected chi connectivity index (χ4v) is 3.62. The normalized spacial score (nSPS) is 12.2. The standard InChI is InChI=1S/C15H12BrCl2IO/c1-2-20-14-6-3-9(16)7-12(14)15(18)11-8-10(17)4-5-13(11)19/h3-8,15H,2H2,1H3. The van der Waals surface area contributed by atoms with Gasteiger partial charge in [-0.1, -0.05) is 27.5 Å². The van der Waals surface area contributed by atoms with Crippen LogP contribution < -0.4 is 4.74 Å². The van der Waals surface area contributed by atoms with E-state index in [0.29, 0.717) is 11.6 Å². The van der Waals surface area contributed by atoms with E-state index in [2.05, 4.69) is 38.5 Å². The van der Waals surface area contributed by atoms with E-state index in [-0.39, 0.29) is 5.38 Å². The van der Waals surface area contributed by atoms with Crippen molar-refractivity contribution in [3.05, 3.63) is 60.6 Å². The highest BCUT2D eigenvalue weighted by Crippen LogP contribution is 2.39. The molecule has 5 heteroatoms. The number of halogens is 4. The topological polar surface area (TPSA) is 9.23 Å². The van der Waals surface area contributed by atoms with E-state index in [1.54, 1.807) is 0 Å². The van der Waals surface area contributed by atoms with Gasteiger partial charge in [0.25, 0.3) is 0 Å². The molecule has 106 valence electrons. The first-order valence-electron chi connectivity index (χ1n) is 6.04. The molecule has 2 aromatic carbocycles. The SMILES string of the molecule is CCOc1ccc(Br)cc1C(Cl)c1cc(Cl)ccc1I. The Hall–Kier alpha value is 0.0300. The molecule has 2 rings (SSSR count). The first kappa shape index (κ1) is 16.4. The third-order valence-electron chi connectivity index (χ3n) is 2.78. The Kier molecular flexibility index (Phi) is 6.02. The summed E-state index contributed by atoms with van der Waals surface area (Å²) in [6, 6.07) is 11.6. The molecule has 0 fully saturated rings. The molecule has 0 spiro atoms. The molecule has 0 aliphatic rings. The van der Waals surface area contributed by atoms with Crippen LogP contribution in [0.2, 0.25) is 5.02 Å². The third-order valence-corrected chi connectivity index (χ3v) is 4.96. The lowest BCUT2D eigenvalue weighted by molar-refractivity contribution is 0.337. The van der Waals surface area contributed by atoms with Crippen LogP contribution in [0.15, 0.2) is 40.9 Å². The van der Waals surface area contributed by atoms with Crippen molar-refractivity contribution >= 4 is 61.7 Å². The van der Waals surface area contributed by atoms with E-state index < -0.39 is 0 Å². The average Bonchev–Trinajstić information content (AvgIpc) is 2.43. The van der Waals surface area contributed by atoms with Gasteiger partial charge in [0.1, 0.15) is 5.75 Å². The average molecular weight is 486 g/mol. The van der Waals surface area contributed by atoms with Crippen molar-refractivity contribution in [2.45, 2.75) is 12.3 Å². The number of alkyl halides is 1. The Morgan fingerprint density at radius 3 is 2.65 bits per heavy atom. The highest BCUT2D eigenvalue weighted by molar-refractivity contribution is 14.1. The highest BCUT2D eigenvalue weighted by atomic mass is 127. The Bertz CT molecular complexity index is 619. The van der Waals surface area contributed by atoms with Gasteiger partial charge in [-0.25, -0.2) is 0 Å². The molecule has 1 unspecified atom stereocenters. The summed E-state index contributed by atoms with van der Waals surface area (Å²) >= 11 is 18.5. The molecule has 1 atom stereocenters. The van der Waals surface area contributed by atoms with E-state index in [1.807, 2.05) is 43.3 Å². The summed E-state index contributed by atoms with van der Waals surface area (Å²) in [5.41, 5.74) is 1.92. The summed E-state index contributed by atoms with van der Waals surface area (Å²) in [4.78, 5) is 0. The molecule has 1 nitrogen and oxygen atoms in total. The van der Waals surface area contributed by atoms with Crippen LogP contribution in [0, 0.1) is 3.57 Å². The molecule has 0 saturated carbocycles. The molecule has 0 bridgehead atoms. The van der Waals surface area contributed by atoms with Crippen molar-refractivity contribution in [3.63, 3.8) is 0 Å². The molecule has 0 heterocycles. The summed E-state index contributed by atoms with van der Waals surface area (Å²) in [5, 5.41) is 0.374. The van der Waals surface area contributed by atoms with Gasteiger partial charge >= 0.3 is 0 Å². The molecule has 0 amide bonds. The fourth-order valence-electron chi connectivity index (χ4n) is 1.88. The minimum Gasteiger partial charge on any atom is -0.494 e. The van der Waals surface area contributed by atoms with Gasteiger partial charge in [-0.15, -0.1) is 11.6 Å². The lowest BCUT2D eigenvalue weighted by Gasteiger charge is -2.17. The summed E-state index contributed by atoms with van der Waals surface area (Å²) in [6.45, 7) is 2.56. The Morgan fingerprint density at radius 1 is 1.20 bits per heavy atom. The molecule has 0 saturated heterocycles. The monoisotopic (exact) mass is 484 g/mol. The van der Waals surface area contributed by atoms with E-state index >= 15 is 0 Å². The lowest BCUT2D eigenvalue weighted by atomic mass is 10.0. The van der Waals surface area contributed by atoms with Crippen LogP contribution in [0.25, 0.3) is 0 Å². The zero-order valence-electron chi connectivity index (χ0n) is 10.7. The van der Waals surface area contributed by atoms with Crippen molar-refractivity contribution in [1.82, 2.24) is 0 Å². The molecule has 2 aromatic rings. The highest BCUT2D eigenvalue weighted by Gasteiger charge is 2.19. The van der Waals surface area contributed by atoms with Crippen molar-refractivity contribution in [2.24, 2.45) is 0 Å². The van der Waals surface area contributed by atoms with Crippen LogP contribution in [0.3, 0.4) is 0 Å².